The Morgan fingerprint density at radius 2 is 1.92 bits per heavy atom. The number of benzene rings is 1. The maximum absolute atomic E-state index is 11.2. The monoisotopic (exact) mass is 195 g/mol. The van der Waals surface area contributed by atoms with E-state index < -0.39 is 5.91 Å². The molecule has 2 amide bonds. The third-order valence-corrected chi connectivity index (χ3v) is 2.52. The second-order valence-electron chi connectivity index (χ2n) is 2.90. The fraction of sp³-hybridized carbons (Fsp3) is 0.111. The number of imide groups is 1. The molecule has 0 unspecified atom stereocenters. The Labute approximate surface area is 79.7 Å². The van der Waals surface area contributed by atoms with Crippen LogP contribution in [0.3, 0.4) is 0 Å². The number of amides is 2. The standard InChI is InChI=1S/C9H6ClNO2/c1-4-2-3-5-6(7(4)10)9(13)11-8(5)12/h2-3H,1H3,(H,11,12,13). The van der Waals surface area contributed by atoms with Gasteiger partial charge in [-0.25, -0.2) is 0 Å². The Hall–Kier alpha value is -1.35. The molecule has 0 spiro atoms. The largest absolute Gasteiger partial charge is 0.288 e. The normalized spacial score (nSPS) is 14.3. The maximum Gasteiger partial charge on any atom is 0.260 e. The Bertz CT molecular complexity index is 426. The number of nitrogens with one attached hydrogen (secondary N) is 1. The van der Waals surface area contributed by atoms with E-state index in [0.717, 1.165) is 5.56 Å². The van der Waals surface area contributed by atoms with Crippen LogP contribution in [0.15, 0.2) is 12.1 Å². The topological polar surface area (TPSA) is 46.2 Å². The predicted octanol–water partition coefficient (Wildman–Crippen LogP) is 1.53. The van der Waals surface area contributed by atoms with Crippen LogP contribution in [0.2, 0.25) is 5.02 Å². The van der Waals surface area contributed by atoms with Gasteiger partial charge in [-0.05, 0) is 18.6 Å². The molecular formula is C9H6ClNO2. The summed E-state index contributed by atoms with van der Waals surface area (Å²) in [5, 5.41) is 2.55. The lowest BCUT2D eigenvalue weighted by molar-refractivity contribution is 0.0879. The summed E-state index contributed by atoms with van der Waals surface area (Å²) in [4.78, 5) is 22.4. The third-order valence-electron chi connectivity index (χ3n) is 2.03. The fourth-order valence-electron chi connectivity index (χ4n) is 1.32. The summed E-state index contributed by atoms with van der Waals surface area (Å²) in [5.41, 5.74) is 1.46. The van der Waals surface area contributed by atoms with Gasteiger partial charge in [0.2, 0.25) is 0 Å². The van der Waals surface area contributed by atoms with Crippen molar-refractivity contribution in [2.45, 2.75) is 6.92 Å². The molecule has 0 radical (unpaired) electrons. The molecule has 1 aliphatic heterocycles. The first-order valence-corrected chi connectivity index (χ1v) is 4.14. The fourth-order valence-corrected chi connectivity index (χ4v) is 1.58. The highest BCUT2D eigenvalue weighted by Gasteiger charge is 2.29. The molecule has 0 fully saturated rings. The van der Waals surface area contributed by atoms with Crippen molar-refractivity contribution < 1.29 is 9.59 Å². The van der Waals surface area contributed by atoms with Gasteiger partial charge in [-0.3, -0.25) is 14.9 Å². The van der Waals surface area contributed by atoms with Gasteiger partial charge in [-0.15, -0.1) is 0 Å². The first-order valence-electron chi connectivity index (χ1n) is 3.76. The molecule has 1 N–H and O–H groups in total. The lowest BCUT2D eigenvalue weighted by atomic mass is 10.1. The molecule has 0 saturated heterocycles. The van der Waals surface area contributed by atoms with Crippen molar-refractivity contribution in [3.63, 3.8) is 0 Å². The van der Waals surface area contributed by atoms with Crippen LogP contribution in [-0.2, 0) is 0 Å². The zero-order valence-electron chi connectivity index (χ0n) is 6.85. The zero-order chi connectivity index (χ0) is 9.59. The first-order chi connectivity index (χ1) is 6.11. The van der Waals surface area contributed by atoms with Crippen molar-refractivity contribution in [3.05, 3.63) is 33.8 Å². The highest BCUT2D eigenvalue weighted by molar-refractivity contribution is 6.37. The van der Waals surface area contributed by atoms with Crippen LogP contribution >= 0.6 is 11.6 Å². The van der Waals surface area contributed by atoms with Crippen LogP contribution in [0.4, 0.5) is 0 Å². The molecule has 2 rings (SSSR count). The van der Waals surface area contributed by atoms with Crippen molar-refractivity contribution in [1.82, 2.24) is 5.32 Å². The summed E-state index contributed by atoms with van der Waals surface area (Å²) >= 11 is 5.89. The average molecular weight is 196 g/mol. The summed E-state index contributed by atoms with van der Waals surface area (Å²) in [6.07, 6.45) is 0. The number of fused-ring (bicyclic) bond motifs is 1. The van der Waals surface area contributed by atoms with E-state index in [1.807, 2.05) is 0 Å². The minimum atomic E-state index is -0.409. The van der Waals surface area contributed by atoms with Crippen LogP contribution in [0.25, 0.3) is 0 Å². The van der Waals surface area contributed by atoms with Gasteiger partial charge in [-0.1, -0.05) is 17.7 Å². The lowest BCUT2D eigenvalue weighted by Crippen LogP contribution is -2.20. The second-order valence-corrected chi connectivity index (χ2v) is 3.28. The third kappa shape index (κ3) is 1.04. The van der Waals surface area contributed by atoms with Gasteiger partial charge in [0.1, 0.15) is 0 Å². The molecule has 1 aliphatic rings. The molecule has 4 heteroatoms. The summed E-state index contributed by atoms with van der Waals surface area (Å²) in [7, 11) is 0. The average Bonchev–Trinajstić information content (AvgIpc) is 2.35. The van der Waals surface area contributed by atoms with Gasteiger partial charge in [0, 0.05) is 0 Å². The van der Waals surface area contributed by atoms with E-state index in [4.69, 9.17) is 11.6 Å². The number of hydrogen-bond donors (Lipinski definition) is 1. The Morgan fingerprint density at radius 3 is 2.62 bits per heavy atom. The van der Waals surface area contributed by atoms with Crippen LogP contribution in [0.5, 0.6) is 0 Å². The quantitative estimate of drug-likeness (QED) is 0.639. The number of carbonyl (C=O) groups is 2. The van der Waals surface area contributed by atoms with E-state index in [0.29, 0.717) is 16.1 Å². The second kappa shape index (κ2) is 2.57. The molecule has 0 saturated carbocycles. The summed E-state index contributed by atoms with van der Waals surface area (Å²) < 4.78 is 0. The zero-order valence-corrected chi connectivity index (χ0v) is 7.61. The van der Waals surface area contributed by atoms with Gasteiger partial charge in [0.25, 0.3) is 11.8 Å². The van der Waals surface area contributed by atoms with Crippen LogP contribution in [-0.4, -0.2) is 11.8 Å². The highest BCUT2D eigenvalue weighted by atomic mass is 35.5. The molecule has 13 heavy (non-hydrogen) atoms. The van der Waals surface area contributed by atoms with Crippen molar-refractivity contribution in [1.29, 1.82) is 0 Å². The Balaban J connectivity index is 2.78. The van der Waals surface area contributed by atoms with E-state index in [2.05, 4.69) is 5.32 Å². The van der Waals surface area contributed by atoms with Crippen LogP contribution in [0.1, 0.15) is 26.3 Å². The molecule has 1 heterocycles. The molecule has 0 atom stereocenters. The smallest absolute Gasteiger partial charge is 0.260 e. The molecule has 3 nitrogen and oxygen atoms in total. The number of aryl methyl sites for hydroxylation is 1. The van der Waals surface area contributed by atoms with Crippen molar-refractivity contribution in [2.24, 2.45) is 0 Å². The summed E-state index contributed by atoms with van der Waals surface area (Å²) in [5.74, 6) is -0.782. The maximum atomic E-state index is 11.2. The van der Waals surface area contributed by atoms with E-state index >= 15 is 0 Å². The molecule has 1 aromatic carbocycles. The Kier molecular flexibility index (Phi) is 1.63. The van der Waals surface area contributed by atoms with Gasteiger partial charge in [-0.2, -0.15) is 0 Å². The first kappa shape index (κ1) is 8.26. The lowest BCUT2D eigenvalue weighted by Gasteiger charge is -2.00. The number of halogens is 1. The van der Waals surface area contributed by atoms with Gasteiger partial charge >= 0.3 is 0 Å². The van der Waals surface area contributed by atoms with Gasteiger partial charge in [0.15, 0.2) is 0 Å². The summed E-state index contributed by atoms with van der Waals surface area (Å²) in [6.45, 7) is 1.79. The van der Waals surface area contributed by atoms with Crippen LogP contribution < -0.4 is 5.32 Å². The molecule has 0 bridgehead atoms. The molecule has 1 aromatic rings. The van der Waals surface area contributed by atoms with Crippen LogP contribution in [0, 0.1) is 6.92 Å². The number of rotatable bonds is 0. The number of hydrogen-bond acceptors (Lipinski definition) is 2. The van der Waals surface area contributed by atoms with Crippen molar-refractivity contribution >= 4 is 23.4 Å². The Morgan fingerprint density at radius 1 is 1.23 bits per heavy atom. The minimum absolute atomic E-state index is 0.298. The number of carbonyl (C=O) groups excluding carboxylic acids is 2. The molecular weight excluding hydrogens is 190 g/mol. The van der Waals surface area contributed by atoms with E-state index in [1.54, 1.807) is 19.1 Å². The van der Waals surface area contributed by atoms with Gasteiger partial charge < -0.3 is 0 Å². The molecule has 66 valence electrons. The van der Waals surface area contributed by atoms with E-state index in [9.17, 15) is 9.59 Å². The van der Waals surface area contributed by atoms with E-state index in [1.165, 1.54) is 0 Å². The van der Waals surface area contributed by atoms with E-state index in [-0.39, 0.29) is 5.91 Å². The summed E-state index contributed by atoms with van der Waals surface area (Å²) in [6, 6.07) is 3.33. The minimum Gasteiger partial charge on any atom is -0.288 e. The van der Waals surface area contributed by atoms with Crippen molar-refractivity contribution in [3.8, 4) is 0 Å². The SMILES string of the molecule is Cc1ccc2c(c1Cl)C(=O)NC2=O. The molecule has 0 aliphatic carbocycles. The highest BCUT2D eigenvalue weighted by Crippen LogP contribution is 2.27. The van der Waals surface area contributed by atoms with Crippen molar-refractivity contribution in [2.75, 3.05) is 0 Å². The molecule has 0 aromatic heterocycles. The predicted molar refractivity (Wildman–Crippen MR) is 48.0 cm³/mol. The van der Waals surface area contributed by atoms with Gasteiger partial charge in [0.05, 0.1) is 16.1 Å².